The summed E-state index contributed by atoms with van der Waals surface area (Å²) in [7, 11) is 1.77. The Kier molecular flexibility index (Phi) is 6.21. The standard InChI is InChI=1S/C18H24IN5O/c1-7-15-16(24(19)18(10(2)20)12(4)21-6)8-14(9-22-15)17-11(3)23-25-13(17)5/h8-9H,7,20H2,1-6H3. The van der Waals surface area contributed by atoms with Gasteiger partial charge in [0.15, 0.2) is 0 Å². The quantitative estimate of drug-likeness (QED) is 0.414. The molecule has 2 rings (SSSR count). The molecule has 2 aromatic rings. The Balaban J connectivity index is 2.64. The van der Waals surface area contributed by atoms with Crippen LogP contribution in [-0.4, -0.2) is 22.9 Å². The van der Waals surface area contributed by atoms with Crippen LogP contribution in [0.5, 0.6) is 0 Å². The highest BCUT2D eigenvalue weighted by molar-refractivity contribution is 14.1. The van der Waals surface area contributed by atoms with Crippen molar-refractivity contribution in [3.63, 3.8) is 0 Å². The van der Waals surface area contributed by atoms with Crippen LogP contribution in [0.3, 0.4) is 0 Å². The monoisotopic (exact) mass is 453 g/mol. The Morgan fingerprint density at radius 1 is 1.36 bits per heavy atom. The lowest BCUT2D eigenvalue weighted by Crippen LogP contribution is -2.21. The molecule has 0 aromatic carbocycles. The Labute approximate surface area is 162 Å². The first-order valence-electron chi connectivity index (χ1n) is 8.09. The van der Waals surface area contributed by atoms with Crippen LogP contribution in [0.2, 0.25) is 0 Å². The number of pyridine rings is 1. The van der Waals surface area contributed by atoms with Gasteiger partial charge in [-0.05, 0) is 40.2 Å². The maximum atomic E-state index is 6.13. The number of allylic oxidation sites excluding steroid dienone is 2. The Morgan fingerprint density at radius 3 is 2.52 bits per heavy atom. The van der Waals surface area contributed by atoms with Crippen LogP contribution in [0.25, 0.3) is 11.1 Å². The van der Waals surface area contributed by atoms with Gasteiger partial charge in [-0.15, -0.1) is 0 Å². The SMILES string of the molecule is CCc1ncc(-c2c(C)noc2C)cc1N(I)C(C(C)=NC)=C(C)N. The lowest BCUT2D eigenvalue weighted by molar-refractivity contribution is 0.393. The summed E-state index contributed by atoms with van der Waals surface area (Å²) in [6, 6.07) is 2.11. The van der Waals surface area contributed by atoms with Gasteiger partial charge < -0.3 is 10.3 Å². The van der Waals surface area contributed by atoms with E-state index in [1.54, 1.807) is 7.05 Å². The Morgan fingerprint density at radius 2 is 2.04 bits per heavy atom. The van der Waals surface area contributed by atoms with Crippen molar-refractivity contribution in [2.45, 2.75) is 41.0 Å². The number of aliphatic imine (C=N–C) groups is 1. The normalized spacial score (nSPS) is 13.0. The van der Waals surface area contributed by atoms with Gasteiger partial charge in [-0.25, -0.2) is 0 Å². The lowest BCUT2D eigenvalue weighted by atomic mass is 10.0. The third-order valence-corrected chi connectivity index (χ3v) is 5.07. The molecule has 0 aliphatic carbocycles. The van der Waals surface area contributed by atoms with Crippen LogP contribution in [0.15, 0.2) is 33.2 Å². The van der Waals surface area contributed by atoms with E-state index in [2.05, 4.69) is 51.0 Å². The molecule has 0 fully saturated rings. The molecule has 0 aliphatic rings. The zero-order valence-corrected chi connectivity index (χ0v) is 17.7. The first kappa shape index (κ1) is 19.4. The van der Waals surface area contributed by atoms with E-state index in [1.807, 2.05) is 37.0 Å². The average molecular weight is 453 g/mol. The van der Waals surface area contributed by atoms with E-state index in [0.717, 1.165) is 51.8 Å². The summed E-state index contributed by atoms with van der Waals surface area (Å²) >= 11 is 2.26. The van der Waals surface area contributed by atoms with Crippen LogP contribution in [0.1, 0.15) is 37.9 Å². The minimum Gasteiger partial charge on any atom is -0.401 e. The van der Waals surface area contributed by atoms with Gasteiger partial charge in [0.1, 0.15) is 5.76 Å². The van der Waals surface area contributed by atoms with E-state index in [9.17, 15) is 0 Å². The highest BCUT2D eigenvalue weighted by atomic mass is 127. The summed E-state index contributed by atoms with van der Waals surface area (Å²) in [5.74, 6) is 0.784. The van der Waals surface area contributed by atoms with Crippen molar-refractivity contribution in [1.29, 1.82) is 0 Å². The molecule has 0 saturated carbocycles. The number of hydrogen-bond acceptors (Lipinski definition) is 6. The van der Waals surface area contributed by atoms with Crippen molar-refractivity contribution in [2.75, 3.05) is 10.2 Å². The number of aromatic nitrogens is 2. The molecule has 0 spiro atoms. The second-order valence-corrected chi connectivity index (χ2v) is 6.83. The molecule has 0 atom stereocenters. The second-order valence-electron chi connectivity index (χ2n) is 5.86. The van der Waals surface area contributed by atoms with E-state index in [1.165, 1.54) is 0 Å². The predicted molar refractivity (Wildman–Crippen MR) is 111 cm³/mol. The molecule has 0 bridgehead atoms. The van der Waals surface area contributed by atoms with Crippen LogP contribution in [-0.2, 0) is 6.42 Å². The molecule has 7 heteroatoms. The van der Waals surface area contributed by atoms with Gasteiger partial charge in [0, 0.05) is 30.1 Å². The molecule has 0 aliphatic heterocycles. The zero-order valence-electron chi connectivity index (χ0n) is 15.5. The first-order chi connectivity index (χ1) is 11.8. The Bertz CT molecular complexity index is 814. The molecule has 6 nitrogen and oxygen atoms in total. The minimum atomic E-state index is 0.710. The van der Waals surface area contributed by atoms with Gasteiger partial charge in [0.25, 0.3) is 0 Å². The molecule has 134 valence electrons. The highest BCUT2D eigenvalue weighted by Gasteiger charge is 2.20. The van der Waals surface area contributed by atoms with E-state index in [-0.39, 0.29) is 0 Å². The molecule has 0 radical (unpaired) electrons. The first-order valence-corrected chi connectivity index (χ1v) is 9.06. The van der Waals surface area contributed by atoms with Crippen LogP contribution in [0.4, 0.5) is 5.69 Å². The van der Waals surface area contributed by atoms with Crippen LogP contribution >= 0.6 is 22.9 Å². The largest absolute Gasteiger partial charge is 0.401 e. The molecule has 2 aromatic heterocycles. The van der Waals surface area contributed by atoms with Crippen molar-refractivity contribution in [1.82, 2.24) is 10.1 Å². The van der Waals surface area contributed by atoms with E-state index in [0.29, 0.717) is 5.70 Å². The third kappa shape index (κ3) is 3.86. The van der Waals surface area contributed by atoms with Crippen molar-refractivity contribution in [3.8, 4) is 11.1 Å². The lowest BCUT2D eigenvalue weighted by Gasteiger charge is -2.24. The van der Waals surface area contributed by atoms with Gasteiger partial charge in [-0.3, -0.25) is 13.1 Å². The number of hydrogen-bond donors (Lipinski definition) is 1. The summed E-state index contributed by atoms with van der Waals surface area (Å²) in [4.78, 5) is 8.96. The number of halogens is 1. The fraction of sp³-hybridized carbons (Fsp3) is 0.389. The van der Waals surface area contributed by atoms with Crippen molar-refractivity contribution >= 4 is 34.3 Å². The fourth-order valence-corrected chi connectivity index (χ4v) is 3.91. The number of nitrogens with zero attached hydrogens (tertiary/aromatic N) is 4. The molecule has 2 N–H and O–H groups in total. The summed E-state index contributed by atoms with van der Waals surface area (Å²) in [6.07, 6.45) is 2.69. The summed E-state index contributed by atoms with van der Waals surface area (Å²) in [5, 5.41) is 4.05. The van der Waals surface area contributed by atoms with Gasteiger partial charge in [0.2, 0.25) is 0 Å². The van der Waals surface area contributed by atoms with Crippen molar-refractivity contribution in [3.05, 3.63) is 40.8 Å². The average Bonchev–Trinajstić information content (AvgIpc) is 2.92. The third-order valence-electron chi connectivity index (χ3n) is 4.06. The smallest absolute Gasteiger partial charge is 0.141 e. The van der Waals surface area contributed by atoms with E-state index >= 15 is 0 Å². The molecule has 25 heavy (non-hydrogen) atoms. The maximum Gasteiger partial charge on any atom is 0.141 e. The molecule has 0 unspecified atom stereocenters. The number of rotatable bonds is 5. The molecular weight excluding hydrogens is 429 g/mol. The molecule has 2 heterocycles. The topological polar surface area (TPSA) is 80.5 Å². The van der Waals surface area contributed by atoms with Crippen LogP contribution < -0.4 is 8.85 Å². The maximum absolute atomic E-state index is 6.13. The van der Waals surface area contributed by atoms with E-state index in [4.69, 9.17) is 10.3 Å². The number of nitrogens with two attached hydrogens (primary N) is 1. The molecule has 0 saturated heterocycles. The Hall–Kier alpha value is -1.90. The van der Waals surface area contributed by atoms with Gasteiger partial charge in [0.05, 0.1) is 51.3 Å². The minimum absolute atomic E-state index is 0.710. The van der Waals surface area contributed by atoms with Gasteiger partial charge in [-0.2, -0.15) is 0 Å². The van der Waals surface area contributed by atoms with Crippen molar-refractivity contribution in [2.24, 2.45) is 10.7 Å². The zero-order chi connectivity index (χ0) is 18.7. The van der Waals surface area contributed by atoms with Gasteiger partial charge in [-0.1, -0.05) is 12.1 Å². The number of anilines is 1. The van der Waals surface area contributed by atoms with Gasteiger partial charge >= 0.3 is 0 Å². The van der Waals surface area contributed by atoms with Crippen molar-refractivity contribution < 1.29 is 4.52 Å². The fourth-order valence-electron chi connectivity index (χ4n) is 2.76. The molecular formula is C18H24IN5O. The summed E-state index contributed by atoms with van der Waals surface area (Å²) in [5.41, 5.74) is 13.4. The predicted octanol–water partition coefficient (Wildman–Crippen LogP) is 4.35. The number of aryl methyl sites for hydroxylation is 3. The highest BCUT2D eigenvalue weighted by Crippen LogP contribution is 2.34. The van der Waals surface area contributed by atoms with Crippen LogP contribution in [0, 0.1) is 13.8 Å². The summed E-state index contributed by atoms with van der Waals surface area (Å²) in [6.45, 7) is 9.77. The second kappa shape index (κ2) is 7.99. The van der Waals surface area contributed by atoms with E-state index < -0.39 is 0 Å². The summed E-state index contributed by atoms with van der Waals surface area (Å²) < 4.78 is 7.34. The molecule has 0 amide bonds.